The number of Topliss-reactive ketones (excluding diaryl/α,β-unsaturated/α-hetero) is 1. The quantitative estimate of drug-likeness (QED) is 0.541. The van der Waals surface area contributed by atoms with Crippen LogP contribution in [0.15, 0.2) is 36.4 Å². The molecule has 0 heterocycles. The van der Waals surface area contributed by atoms with Gasteiger partial charge in [-0.2, -0.15) is 0 Å². The summed E-state index contributed by atoms with van der Waals surface area (Å²) in [4.78, 5) is 23.4. The maximum atomic E-state index is 12.1. The molecular weight excluding hydrogens is 387 g/mol. The summed E-state index contributed by atoms with van der Waals surface area (Å²) in [5, 5.41) is 0.926. The first-order valence-corrected chi connectivity index (χ1v) is 8.39. The molecule has 0 saturated heterocycles. The molecule has 2 rings (SSSR count). The number of carbonyl (C=O) groups is 2. The van der Waals surface area contributed by atoms with E-state index in [1.165, 1.54) is 19.1 Å². The van der Waals surface area contributed by atoms with Gasteiger partial charge in [0.25, 0.3) is 5.91 Å². The van der Waals surface area contributed by atoms with Gasteiger partial charge in [-0.25, -0.2) is 0 Å². The number of amides is 1. The summed E-state index contributed by atoms with van der Waals surface area (Å²) in [6.45, 7) is 3.06. The first-order chi connectivity index (χ1) is 11.8. The molecule has 0 spiro atoms. The van der Waals surface area contributed by atoms with Crippen LogP contribution in [-0.4, -0.2) is 17.8 Å². The second kappa shape index (κ2) is 8.43. The van der Waals surface area contributed by atoms with Crippen LogP contribution in [0.2, 0.25) is 15.1 Å². The zero-order chi connectivity index (χ0) is 18.6. The maximum Gasteiger partial charge on any atom is 0.279 e. The molecule has 8 heteroatoms. The average molecular weight is 402 g/mol. The highest BCUT2D eigenvalue weighted by Gasteiger charge is 2.16. The van der Waals surface area contributed by atoms with Crippen molar-refractivity contribution < 1.29 is 14.3 Å². The lowest BCUT2D eigenvalue weighted by molar-refractivity contribution is -0.126. The number of anilines is 1. The Morgan fingerprint density at radius 3 is 2.12 bits per heavy atom. The first kappa shape index (κ1) is 19.4. The fraction of sp³-hybridized carbons (Fsp3) is 0.176. The summed E-state index contributed by atoms with van der Waals surface area (Å²) in [5.74, 6) is -0.00815. The number of hydrogen-bond acceptors (Lipinski definition) is 4. The van der Waals surface area contributed by atoms with Gasteiger partial charge in [0.2, 0.25) is 0 Å². The fourth-order valence-corrected chi connectivity index (χ4v) is 2.82. The van der Waals surface area contributed by atoms with Crippen molar-refractivity contribution in [1.82, 2.24) is 5.43 Å². The molecule has 0 saturated carbocycles. The van der Waals surface area contributed by atoms with Gasteiger partial charge in [0, 0.05) is 10.6 Å². The number of carbonyl (C=O) groups excluding carboxylic acids is 2. The van der Waals surface area contributed by atoms with E-state index in [-0.39, 0.29) is 15.8 Å². The summed E-state index contributed by atoms with van der Waals surface area (Å²) in [6.07, 6.45) is -0.791. The minimum atomic E-state index is -0.791. The summed E-state index contributed by atoms with van der Waals surface area (Å²) in [5.41, 5.74) is 6.02. The molecule has 2 N–H and O–H groups in total. The Bertz CT molecular complexity index is 771. The second-order valence-corrected chi connectivity index (χ2v) is 6.45. The van der Waals surface area contributed by atoms with Crippen LogP contribution in [0.5, 0.6) is 5.75 Å². The van der Waals surface area contributed by atoms with Crippen molar-refractivity contribution in [3.8, 4) is 5.75 Å². The highest BCUT2D eigenvalue weighted by Crippen LogP contribution is 2.33. The van der Waals surface area contributed by atoms with Gasteiger partial charge in [-0.1, -0.05) is 34.8 Å². The summed E-state index contributed by atoms with van der Waals surface area (Å²) < 4.78 is 5.53. The molecule has 1 unspecified atom stereocenters. The van der Waals surface area contributed by atoms with Gasteiger partial charge in [-0.3, -0.25) is 20.4 Å². The number of hydrazine groups is 1. The van der Waals surface area contributed by atoms with Gasteiger partial charge in [0.1, 0.15) is 5.75 Å². The molecule has 0 aromatic heterocycles. The Labute approximate surface area is 160 Å². The fourth-order valence-electron chi connectivity index (χ4n) is 1.91. The lowest BCUT2D eigenvalue weighted by atomic mass is 10.1. The van der Waals surface area contributed by atoms with E-state index in [0.717, 1.165) is 0 Å². The molecule has 5 nitrogen and oxygen atoms in total. The van der Waals surface area contributed by atoms with Crippen LogP contribution in [0.1, 0.15) is 24.2 Å². The van der Waals surface area contributed by atoms with Gasteiger partial charge in [-0.05, 0) is 50.2 Å². The van der Waals surface area contributed by atoms with Crippen LogP contribution in [0, 0.1) is 0 Å². The lowest BCUT2D eigenvalue weighted by Crippen LogP contribution is -2.39. The number of ketones is 1. The van der Waals surface area contributed by atoms with Crippen molar-refractivity contribution in [1.29, 1.82) is 0 Å². The van der Waals surface area contributed by atoms with Gasteiger partial charge < -0.3 is 4.74 Å². The Hall–Kier alpha value is -1.95. The number of ether oxygens (including phenoxy) is 1. The van der Waals surface area contributed by atoms with E-state index in [4.69, 9.17) is 39.5 Å². The van der Waals surface area contributed by atoms with Crippen molar-refractivity contribution in [3.05, 3.63) is 57.0 Å². The average Bonchev–Trinajstić information content (AvgIpc) is 2.54. The largest absolute Gasteiger partial charge is 0.481 e. The predicted octanol–water partition coefficient (Wildman–Crippen LogP) is 4.76. The van der Waals surface area contributed by atoms with Crippen LogP contribution in [0.25, 0.3) is 0 Å². The molecule has 0 aliphatic rings. The van der Waals surface area contributed by atoms with E-state index in [1.807, 2.05) is 0 Å². The number of rotatable bonds is 6. The zero-order valence-electron chi connectivity index (χ0n) is 13.4. The van der Waals surface area contributed by atoms with Crippen molar-refractivity contribution in [2.45, 2.75) is 20.0 Å². The van der Waals surface area contributed by atoms with Gasteiger partial charge in [0.05, 0.1) is 15.7 Å². The van der Waals surface area contributed by atoms with Crippen LogP contribution in [0.4, 0.5) is 5.69 Å². The van der Waals surface area contributed by atoms with Crippen molar-refractivity contribution in [3.63, 3.8) is 0 Å². The van der Waals surface area contributed by atoms with E-state index >= 15 is 0 Å². The zero-order valence-corrected chi connectivity index (χ0v) is 15.7. The molecule has 1 amide bonds. The Morgan fingerprint density at radius 1 is 1.04 bits per heavy atom. The third kappa shape index (κ3) is 5.26. The van der Waals surface area contributed by atoms with Crippen molar-refractivity contribution in [2.75, 3.05) is 5.43 Å². The highest BCUT2D eigenvalue weighted by molar-refractivity contribution is 6.41. The topological polar surface area (TPSA) is 67.4 Å². The van der Waals surface area contributed by atoms with Crippen molar-refractivity contribution in [2.24, 2.45) is 0 Å². The van der Waals surface area contributed by atoms with E-state index in [9.17, 15) is 9.59 Å². The predicted molar refractivity (Wildman–Crippen MR) is 99.8 cm³/mol. The van der Waals surface area contributed by atoms with Crippen LogP contribution >= 0.6 is 34.8 Å². The molecule has 1 atom stereocenters. The van der Waals surface area contributed by atoms with Gasteiger partial charge >= 0.3 is 0 Å². The Balaban J connectivity index is 1.95. The molecular formula is C17H15Cl3N2O3. The van der Waals surface area contributed by atoms with Crippen LogP contribution < -0.4 is 15.6 Å². The minimum absolute atomic E-state index is 0.0433. The van der Waals surface area contributed by atoms with Crippen molar-refractivity contribution >= 4 is 52.2 Å². The normalized spacial score (nSPS) is 11.6. The van der Waals surface area contributed by atoms with E-state index in [2.05, 4.69) is 10.9 Å². The molecule has 0 radical (unpaired) electrons. The third-order valence-electron chi connectivity index (χ3n) is 3.26. The van der Waals surface area contributed by atoms with Crippen LogP contribution in [-0.2, 0) is 4.79 Å². The summed E-state index contributed by atoms with van der Waals surface area (Å²) in [6, 6.07) is 9.52. The second-order valence-electron chi connectivity index (χ2n) is 5.20. The smallest absolute Gasteiger partial charge is 0.279 e. The molecule has 25 heavy (non-hydrogen) atoms. The monoisotopic (exact) mass is 400 g/mol. The first-order valence-electron chi connectivity index (χ1n) is 7.26. The van der Waals surface area contributed by atoms with Crippen LogP contribution in [0.3, 0.4) is 0 Å². The Morgan fingerprint density at radius 2 is 1.60 bits per heavy atom. The lowest BCUT2D eigenvalue weighted by Gasteiger charge is -2.17. The standard InChI is InChI=1S/C17H15Cl3N2O3/c1-9(23)11-3-5-13(6-4-11)25-10(2)17(24)22-21-16-14(19)7-12(18)8-15(16)20/h3-8,10,21H,1-2H3,(H,22,24). The van der Waals surface area contributed by atoms with E-state index in [0.29, 0.717) is 22.0 Å². The number of benzene rings is 2. The number of hydrogen-bond donors (Lipinski definition) is 2. The molecule has 2 aromatic carbocycles. The van der Waals surface area contributed by atoms with Gasteiger partial charge in [-0.15, -0.1) is 0 Å². The molecule has 0 aliphatic carbocycles. The highest BCUT2D eigenvalue weighted by atomic mass is 35.5. The van der Waals surface area contributed by atoms with E-state index in [1.54, 1.807) is 31.2 Å². The molecule has 0 fully saturated rings. The Kier molecular flexibility index (Phi) is 6.53. The SMILES string of the molecule is CC(=O)c1ccc(OC(C)C(=O)NNc2c(Cl)cc(Cl)cc2Cl)cc1. The minimum Gasteiger partial charge on any atom is -0.481 e. The number of halogens is 3. The molecule has 132 valence electrons. The number of nitrogens with one attached hydrogen (secondary N) is 2. The van der Waals surface area contributed by atoms with Gasteiger partial charge in [0.15, 0.2) is 11.9 Å². The molecule has 0 bridgehead atoms. The maximum absolute atomic E-state index is 12.1. The molecule has 0 aliphatic heterocycles. The molecule has 2 aromatic rings. The summed E-state index contributed by atoms with van der Waals surface area (Å²) in [7, 11) is 0. The third-order valence-corrected chi connectivity index (χ3v) is 4.07. The van der Waals surface area contributed by atoms with E-state index < -0.39 is 12.0 Å². The summed E-state index contributed by atoms with van der Waals surface area (Å²) >= 11 is 17.9.